The molecule has 0 bridgehead atoms. The fourth-order valence-electron chi connectivity index (χ4n) is 1.25. The van der Waals surface area contributed by atoms with Crippen LogP contribution in [0.1, 0.15) is 40.0 Å². The molecule has 0 heterocycles. The van der Waals surface area contributed by atoms with E-state index in [-0.39, 0.29) is 11.8 Å². The molecule has 0 fully saturated rings. The minimum absolute atomic E-state index is 0.162. The van der Waals surface area contributed by atoms with Gasteiger partial charge in [-0.3, -0.25) is 0 Å². The first-order valence-electron chi connectivity index (χ1n) is 4.76. The second kappa shape index (κ2) is 6.18. The Bertz CT molecular complexity index is 121. The van der Waals surface area contributed by atoms with Gasteiger partial charge >= 0.3 is 0 Å². The quantitative estimate of drug-likeness (QED) is 0.622. The first-order chi connectivity index (χ1) is 5.63. The van der Waals surface area contributed by atoms with E-state index in [1.807, 2.05) is 13.8 Å². The van der Waals surface area contributed by atoms with E-state index in [0.717, 1.165) is 25.5 Å². The molecular formula is C10H20O2. The maximum atomic E-state index is 10.6. The van der Waals surface area contributed by atoms with Crippen molar-refractivity contribution in [1.29, 1.82) is 0 Å². The topological polar surface area (TPSA) is 37.3 Å². The average Bonchev–Trinajstić information content (AvgIpc) is 2.05. The molecule has 0 saturated carbocycles. The van der Waals surface area contributed by atoms with Crippen molar-refractivity contribution < 1.29 is 9.90 Å². The summed E-state index contributed by atoms with van der Waals surface area (Å²) in [4.78, 5) is 10.6. The van der Waals surface area contributed by atoms with E-state index in [9.17, 15) is 9.90 Å². The lowest BCUT2D eigenvalue weighted by Gasteiger charge is -2.20. The summed E-state index contributed by atoms with van der Waals surface area (Å²) in [5.74, 6) is 0.0157. The molecule has 2 nitrogen and oxygen atoms in total. The highest BCUT2D eigenvalue weighted by atomic mass is 16.3. The zero-order valence-corrected chi connectivity index (χ0v) is 8.29. The lowest BCUT2D eigenvalue weighted by Crippen LogP contribution is -2.26. The van der Waals surface area contributed by atoms with Gasteiger partial charge in [-0.05, 0) is 12.3 Å². The highest BCUT2D eigenvalue weighted by Crippen LogP contribution is 2.16. The third-order valence-electron chi connectivity index (χ3n) is 2.19. The molecule has 0 radical (unpaired) electrons. The maximum Gasteiger partial charge on any atom is 0.125 e. The van der Waals surface area contributed by atoms with Crippen molar-refractivity contribution >= 4 is 6.29 Å². The smallest absolute Gasteiger partial charge is 0.125 e. The Balaban J connectivity index is 3.87. The van der Waals surface area contributed by atoms with E-state index in [4.69, 9.17) is 0 Å². The summed E-state index contributed by atoms with van der Waals surface area (Å²) in [7, 11) is 0. The standard InChI is InChI=1S/C10H20O2/c1-4-5-6-9(7-11)10(12)8(2)3/h7-10,12H,4-6H2,1-3H3/t9?,10-/m0/s1. The molecule has 72 valence electrons. The molecule has 0 rings (SSSR count). The molecule has 0 aromatic rings. The van der Waals surface area contributed by atoms with Crippen molar-refractivity contribution in [3.8, 4) is 0 Å². The minimum atomic E-state index is -0.464. The van der Waals surface area contributed by atoms with Crippen LogP contribution in [0.3, 0.4) is 0 Å². The Labute approximate surface area is 75.0 Å². The molecule has 1 N–H and O–H groups in total. The molecule has 0 amide bonds. The van der Waals surface area contributed by atoms with Gasteiger partial charge in [0.25, 0.3) is 0 Å². The van der Waals surface area contributed by atoms with E-state index in [0.29, 0.717) is 0 Å². The molecule has 2 heteroatoms. The van der Waals surface area contributed by atoms with Crippen LogP contribution in [0.25, 0.3) is 0 Å². The normalized spacial score (nSPS) is 16.1. The largest absolute Gasteiger partial charge is 0.392 e. The number of aldehydes is 1. The summed E-state index contributed by atoms with van der Waals surface area (Å²) in [5, 5.41) is 9.58. The van der Waals surface area contributed by atoms with Crippen molar-refractivity contribution in [2.75, 3.05) is 0 Å². The van der Waals surface area contributed by atoms with Crippen molar-refractivity contribution in [3.63, 3.8) is 0 Å². The number of carbonyl (C=O) groups excluding carboxylic acids is 1. The number of rotatable bonds is 6. The molecular weight excluding hydrogens is 152 g/mol. The molecule has 0 saturated heterocycles. The molecule has 1 unspecified atom stereocenters. The molecule has 0 aromatic carbocycles. The summed E-state index contributed by atoms with van der Waals surface area (Å²) in [5.41, 5.74) is 0. The number of hydrogen-bond donors (Lipinski definition) is 1. The second-order valence-electron chi connectivity index (χ2n) is 3.68. The Morgan fingerprint density at radius 2 is 2.00 bits per heavy atom. The second-order valence-corrected chi connectivity index (χ2v) is 3.68. The van der Waals surface area contributed by atoms with Crippen LogP contribution >= 0.6 is 0 Å². The van der Waals surface area contributed by atoms with Crippen molar-refractivity contribution in [1.82, 2.24) is 0 Å². The number of hydrogen-bond acceptors (Lipinski definition) is 2. The van der Waals surface area contributed by atoms with Gasteiger partial charge in [0.2, 0.25) is 0 Å². The average molecular weight is 172 g/mol. The molecule has 0 aliphatic carbocycles. The van der Waals surface area contributed by atoms with Crippen LogP contribution < -0.4 is 0 Å². The minimum Gasteiger partial charge on any atom is -0.392 e. The summed E-state index contributed by atoms with van der Waals surface area (Å²) in [6.07, 6.45) is 3.34. The molecule has 0 spiro atoms. The summed E-state index contributed by atoms with van der Waals surface area (Å²) >= 11 is 0. The van der Waals surface area contributed by atoms with Crippen LogP contribution in [0.15, 0.2) is 0 Å². The lowest BCUT2D eigenvalue weighted by molar-refractivity contribution is -0.115. The van der Waals surface area contributed by atoms with Gasteiger partial charge in [-0.15, -0.1) is 0 Å². The SMILES string of the molecule is CCCCC(C=O)[C@@H](O)C(C)C. The monoisotopic (exact) mass is 172 g/mol. The van der Waals surface area contributed by atoms with Crippen LogP contribution in [0.4, 0.5) is 0 Å². The molecule has 0 aliphatic heterocycles. The third kappa shape index (κ3) is 3.86. The third-order valence-corrected chi connectivity index (χ3v) is 2.19. The highest BCUT2D eigenvalue weighted by molar-refractivity contribution is 5.54. The van der Waals surface area contributed by atoms with Gasteiger partial charge in [-0.2, -0.15) is 0 Å². The van der Waals surface area contributed by atoms with Crippen LogP contribution in [0.5, 0.6) is 0 Å². The van der Waals surface area contributed by atoms with Crippen molar-refractivity contribution in [2.45, 2.75) is 46.1 Å². The summed E-state index contributed by atoms with van der Waals surface area (Å²) < 4.78 is 0. The molecule has 12 heavy (non-hydrogen) atoms. The predicted molar refractivity (Wildman–Crippen MR) is 49.9 cm³/mol. The molecule has 0 aliphatic rings. The van der Waals surface area contributed by atoms with E-state index in [1.54, 1.807) is 0 Å². The fraction of sp³-hybridized carbons (Fsp3) is 0.900. The highest BCUT2D eigenvalue weighted by Gasteiger charge is 2.20. The van der Waals surface area contributed by atoms with Crippen LogP contribution in [-0.2, 0) is 4.79 Å². The lowest BCUT2D eigenvalue weighted by atomic mass is 9.90. The van der Waals surface area contributed by atoms with Gasteiger partial charge in [0.15, 0.2) is 0 Å². The van der Waals surface area contributed by atoms with Crippen LogP contribution in [0.2, 0.25) is 0 Å². The number of unbranched alkanes of at least 4 members (excludes halogenated alkanes) is 1. The zero-order chi connectivity index (χ0) is 9.56. The zero-order valence-electron chi connectivity index (χ0n) is 8.29. The fourth-order valence-corrected chi connectivity index (χ4v) is 1.25. The Morgan fingerprint density at radius 1 is 1.42 bits per heavy atom. The summed E-state index contributed by atoms with van der Waals surface area (Å²) in [6.45, 7) is 5.96. The van der Waals surface area contributed by atoms with Gasteiger partial charge in [-0.1, -0.05) is 33.6 Å². The van der Waals surface area contributed by atoms with E-state index in [2.05, 4.69) is 6.92 Å². The van der Waals surface area contributed by atoms with Gasteiger partial charge in [0.05, 0.1) is 6.10 Å². The predicted octanol–water partition coefficient (Wildman–Crippen LogP) is 2.01. The van der Waals surface area contributed by atoms with E-state index < -0.39 is 6.10 Å². The first kappa shape index (κ1) is 11.6. The Hall–Kier alpha value is -0.370. The van der Waals surface area contributed by atoms with Crippen LogP contribution in [0, 0.1) is 11.8 Å². The Kier molecular flexibility index (Phi) is 5.99. The van der Waals surface area contributed by atoms with Gasteiger partial charge in [-0.25, -0.2) is 0 Å². The number of aliphatic hydroxyl groups is 1. The Morgan fingerprint density at radius 3 is 2.33 bits per heavy atom. The van der Waals surface area contributed by atoms with Gasteiger partial charge in [0, 0.05) is 5.92 Å². The van der Waals surface area contributed by atoms with Gasteiger partial charge < -0.3 is 9.90 Å². The van der Waals surface area contributed by atoms with Crippen molar-refractivity contribution in [2.24, 2.45) is 11.8 Å². The van der Waals surface area contributed by atoms with Crippen LogP contribution in [-0.4, -0.2) is 17.5 Å². The number of aliphatic hydroxyl groups excluding tert-OH is 1. The number of carbonyl (C=O) groups is 1. The van der Waals surface area contributed by atoms with E-state index in [1.165, 1.54) is 0 Å². The first-order valence-corrected chi connectivity index (χ1v) is 4.76. The van der Waals surface area contributed by atoms with E-state index >= 15 is 0 Å². The molecule has 0 aromatic heterocycles. The maximum absolute atomic E-state index is 10.6. The van der Waals surface area contributed by atoms with Crippen molar-refractivity contribution in [3.05, 3.63) is 0 Å². The summed E-state index contributed by atoms with van der Waals surface area (Å²) in [6, 6.07) is 0. The molecule has 2 atom stereocenters. The van der Waals surface area contributed by atoms with Gasteiger partial charge in [0.1, 0.15) is 6.29 Å².